The summed E-state index contributed by atoms with van der Waals surface area (Å²) in [7, 11) is 0. The molecule has 0 aliphatic rings. The Balaban J connectivity index is 4.00. The zero-order chi connectivity index (χ0) is 26.7. The van der Waals surface area contributed by atoms with Gasteiger partial charge in [-0.3, -0.25) is 0 Å². The number of hydrogen-bond donors (Lipinski definition) is 2. The Hall–Kier alpha value is -1.32. The van der Waals surface area contributed by atoms with Gasteiger partial charge in [0.1, 0.15) is 0 Å². The molecule has 4 nitrogen and oxygen atoms in total. The molecule has 0 atom stereocenters. The van der Waals surface area contributed by atoms with Crippen molar-refractivity contribution >= 4 is 11.9 Å². The lowest BCUT2D eigenvalue weighted by atomic mass is 9.96. The Morgan fingerprint density at radius 3 is 0.750 bits per heavy atom. The fourth-order valence-corrected chi connectivity index (χ4v) is 5.06. The fraction of sp³-hybridized carbons (Fsp3) is 0.875. The highest BCUT2D eigenvalue weighted by atomic mass is 16.4. The van der Waals surface area contributed by atoms with E-state index in [4.69, 9.17) is 0 Å². The molecule has 0 aromatic rings. The zero-order valence-corrected chi connectivity index (χ0v) is 24.1. The van der Waals surface area contributed by atoms with Crippen LogP contribution in [0.4, 0.5) is 0 Å². The Labute approximate surface area is 223 Å². The molecule has 0 aliphatic carbocycles. The van der Waals surface area contributed by atoms with Crippen LogP contribution in [-0.4, -0.2) is 22.2 Å². The minimum absolute atomic E-state index is 0.137. The Bertz CT molecular complexity index is 504. The Morgan fingerprint density at radius 2 is 0.556 bits per heavy atom. The maximum atomic E-state index is 11.8. The van der Waals surface area contributed by atoms with Crippen LogP contribution < -0.4 is 0 Å². The first-order chi connectivity index (χ1) is 17.5. The third-order valence-corrected chi connectivity index (χ3v) is 7.44. The molecule has 0 heterocycles. The van der Waals surface area contributed by atoms with Gasteiger partial charge >= 0.3 is 11.9 Å². The molecule has 0 aromatic carbocycles. The van der Waals surface area contributed by atoms with Crippen molar-refractivity contribution in [2.24, 2.45) is 0 Å². The van der Waals surface area contributed by atoms with Gasteiger partial charge in [0.2, 0.25) is 0 Å². The van der Waals surface area contributed by atoms with E-state index < -0.39 is 11.9 Å². The van der Waals surface area contributed by atoms with Crippen LogP contribution in [0.2, 0.25) is 0 Å². The van der Waals surface area contributed by atoms with Crippen molar-refractivity contribution in [3.05, 3.63) is 11.1 Å². The van der Waals surface area contributed by atoms with Crippen LogP contribution >= 0.6 is 0 Å². The van der Waals surface area contributed by atoms with Crippen molar-refractivity contribution in [2.45, 2.75) is 181 Å². The average Bonchev–Trinajstić information content (AvgIpc) is 2.85. The lowest BCUT2D eigenvalue weighted by molar-refractivity contribution is -0.136. The lowest BCUT2D eigenvalue weighted by Gasteiger charge is -2.10. The maximum Gasteiger partial charge on any atom is 0.332 e. The van der Waals surface area contributed by atoms with Gasteiger partial charge in [0, 0.05) is 11.1 Å². The molecule has 0 aliphatic heterocycles. The topological polar surface area (TPSA) is 74.6 Å². The van der Waals surface area contributed by atoms with E-state index >= 15 is 0 Å². The van der Waals surface area contributed by atoms with Crippen LogP contribution in [0, 0.1) is 0 Å². The summed E-state index contributed by atoms with van der Waals surface area (Å²) in [5.74, 6) is -2.09. The van der Waals surface area contributed by atoms with Gasteiger partial charge in [-0.2, -0.15) is 0 Å². The minimum Gasteiger partial charge on any atom is -0.478 e. The number of aliphatic carboxylic acids is 2. The van der Waals surface area contributed by atoms with E-state index in [0.717, 1.165) is 38.5 Å². The second kappa shape index (κ2) is 26.7. The molecule has 0 aromatic heterocycles. The molecule has 0 rings (SSSR count). The van der Waals surface area contributed by atoms with E-state index in [0.29, 0.717) is 12.8 Å². The van der Waals surface area contributed by atoms with Crippen LogP contribution in [-0.2, 0) is 9.59 Å². The van der Waals surface area contributed by atoms with Gasteiger partial charge in [-0.15, -0.1) is 0 Å². The van der Waals surface area contributed by atoms with Crippen LogP contribution in [0.15, 0.2) is 11.1 Å². The number of unbranched alkanes of at least 4 members (excludes halogenated alkanes) is 22. The molecule has 0 saturated carbocycles. The molecule has 0 saturated heterocycles. The van der Waals surface area contributed by atoms with E-state index in [9.17, 15) is 19.8 Å². The molecular weight excluding hydrogens is 448 g/mol. The van der Waals surface area contributed by atoms with Crippen molar-refractivity contribution in [3.63, 3.8) is 0 Å². The Kier molecular flexibility index (Phi) is 25.8. The van der Waals surface area contributed by atoms with Gasteiger partial charge in [0.25, 0.3) is 0 Å². The predicted octanol–water partition coefficient (Wildman–Crippen LogP) is 10.6. The molecule has 4 heteroatoms. The summed E-state index contributed by atoms with van der Waals surface area (Å²) in [6.45, 7) is 4.50. The first-order valence-corrected chi connectivity index (χ1v) is 15.7. The normalized spacial score (nSPS) is 12.1. The van der Waals surface area contributed by atoms with Crippen LogP contribution in [0.3, 0.4) is 0 Å². The van der Waals surface area contributed by atoms with Gasteiger partial charge in [-0.05, 0) is 25.7 Å². The van der Waals surface area contributed by atoms with Crippen molar-refractivity contribution in [1.29, 1.82) is 0 Å². The second-order valence-corrected chi connectivity index (χ2v) is 10.8. The molecule has 36 heavy (non-hydrogen) atoms. The number of carboxylic acid groups (broad SMARTS) is 2. The van der Waals surface area contributed by atoms with E-state index in [2.05, 4.69) is 13.8 Å². The third kappa shape index (κ3) is 21.9. The van der Waals surface area contributed by atoms with E-state index in [-0.39, 0.29) is 11.1 Å². The minimum atomic E-state index is -1.05. The number of carbonyl (C=O) groups is 2. The molecule has 0 fully saturated rings. The highest BCUT2D eigenvalue weighted by Gasteiger charge is 2.19. The van der Waals surface area contributed by atoms with Crippen molar-refractivity contribution in [2.75, 3.05) is 0 Å². The molecule has 0 radical (unpaired) electrons. The largest absolute Gasteiger partial charge is 0.478 e. The third-order valence-electron chi connectivity index (χ3n) is 7.44. The van der Waals surface area contributed by atoms with E-state index in [1.807, 2.05) is 0 Å². The van der Waals surface area contributed by atoms with Crippen molar-refractivity contribution < 1.29 is 19.8 Å². The summed E-state index contributed by atoms with van der Waals surface area (Å²) in [5, 5.41) is 19.3. The second-order valence-electron chi connectivity index (χ2n) is 10.8. The monoisotopic (exact) mass is 508 g/mol. The van der Waals surface area contributed by atoms with Crippen LogP contribution in [0.1, 0.15) is 181 Å². The molecule has 212 valence electrons. The standard InChI is InChI=1S/C32H60O4/c1-3-5-7-9-11-13-15-17-19-21-23-25-27-29(31(33)34)30(32(35)36)28-26-24-22-20-18-16-14-12-10-8-6-4-2/h3-28H2,1-2H3,(H,33,34)(H,35,36). The summed E-state index contributed by atoms with van der Waals surface area (Å²) in [5.41, 5.74) is 0.273. The predicted molar refractivity (Wildman–Crippen MR) is 154 cm³/mol. The summed E-state index contributed by atoms with van der Waals surface area (Å²) in [6, 6.07) is 0. The maximum absolute atomic E-state index is 11.8. The molecule has 0 bridgehead atoms. The molecule has 2 N–H and O–H groups in total. The van der Waals surface area contributed by atoms with Gasteiger partial charge in [-0.1, -0.05) is 155 Å². The first kappa shape index (κ1) is 34.7. The number of hydrogen-bond acceptors (Lipinski definition) is 2. The summed E-state index contributed by atoms with van der Waals surface area (Å²) in [4.78, 5) is 23.6. The highest BCUT2D eigenvalue weighted by Crippen LogP contribution is 2.21. The van der Waals surface area contributed by atoms with E-state index in [1.165, 1.54) is 116 Å². The van der Waals surface area contributed by atoms with Gasteiger partial charge in [-0.25, -0.2) is 9.59 Å². The van der Waals surface area contributed by atoms with Gasteiger partial charge in [0.15, 0.2) is 0 Å². The van der Waals surface area contributed by atoms with Crippen LogP contribution in [0.25, 0.3) is 0 Å². The molecule has 0 amide bonds. The molecule has 0 spiro atoms. The zero-order valence-electron chi connectivity index (χ0n) is 24.1. The van der Waals surface area contributed by atoms with Crippen molar-refractivity contribution in [1.82, 2.24) is 0 Å². The van der Waals surface area contributed by atoms with E-state index in [1.54, 1.807) is 0 Å². The smallest absolute Gasteiger partial charge is 0.332 e. The van der Waals surface area contributed by atoms with Crippen LogP contribution in [0.5, 0.6) is 0 Å². The fourth-order valence-electron chi connectivity index (χ4n) is 5.06. The van der Waals surface area contributed by atoms with Gasteiger partial charge in [0.05, 0.1) is 0 Å². The van der Waals surface area contributed by atoms with Gasteiger partial charge < -0.3 is 10.2 Å². The summed E-state index contributed by atoms with van der Waals surface area (Å²) >= 11 is 0. The molecular formula is C32H60O4. The summed E-state index contributed by atoms with van der Waals surface area (Å²) in [6.07, 6.45) is 30.2. The van der Waals surface area contributed by atoms with Crippen molar-refractivity contribution in [3.8, 4) is 0 Å². The average molecular weight is 509 g/mol. The number of carboxylic acids is 2. The molecule has 0 unspecified atom stereocenters. The Morgan fingerprint density at radius 1 is 0.361 bits per heavy atom. The first-order valence-electron chi connectivity index (χ1n) is 15.7. The summed E-state index contributed by atoms with van der Waals surface area (Å²) < 4.78 is 0. The SMILES string of the molecule is CCCCCCCCCCCCCCC(C(=O)O)=C(CCCCCCCCCCCCCC)C(=O)O. The number of rotatable bonds is 28. The highest BCUT2D eigenvalue weighted by molar-refractivity contribution is 5.98. The quantitative estimate of drug-likeness (QED) is 0.0814. The lowest BCUT2D eigenvalue weighted by Crippen LogP contribution is -2.12.